The third-order valence-corrected chi connectivity index (χ3v) is 5.31. The minimum Gasteiger partial charge on any atom is -0.481 e. The Morgan fingerprint density at radius 1 is 1.12 bits per heavy atom. The Morgan fingerprint density at radius 2 is 1.80 bits per heavy atom. The van der Waals surface area contributed by atoms with Crippen molar-refractivity contribution in [2.75, 3.05) is 6.54 Å². The minimum absolute atomic E-state index is 0.0428. The van der Waals surface area contributed by atoms with Crippen molar-refractivity contribution in [3.63, 3.8) is 0 Å². The highest BCUT2D eigenvalue weighted by atomic mass is 16.7. The molecule has 142 valence electrons. The molecule has 25 heavy (non-hydrogen) atoms. The molecule has 1 amide bonds. The van der Waals surface area contributed by atoms with Gasteiger partial charge in [-0.2, -0.15) is 0 Å². The largest absolute Gasteiger partial charge is 0.481 e. The van der Waals surface area contributed by atoms with E-state index in [0.717, 1.165) is 51.4 Å². The van der Waals surface area contributed by atoms with E-state index in [4.69, 9.17) is 14.6 Å². The van der Waals surface area contributed by atoms with E-state index >= 15 is 0 Å². The Labute approximate surface area is 148 Å². The van der Waals surface area contributed by atoms with E-state index in [-0.39, 0.29) is 24.9 Å². The molecule has 0 spiro atoms. The molecular weight excluding hydrogens is 326 g/mol. The summed E-state index contributed by atoms with van der Waals surface area (Å²) in [5, 5.41) is 11.8. The number of carboxylic acids is 1. The number of aliphatic carboxylic acids is 1. The number of amides is 1. The second-order valence-electron chi connectivity index (χ2n) is 7.29. The van der Waals surface area contributed by atoms with Crippen LogP contribution < -0.4 is 5.32 Å². The lowest BCUT2D eigenvalue weighted by Crippen LogP contribution is -2.42. The van der Waals surface area contributed by atoms with E-state index in [1.807, 2.05) is 0 Å². The van der Waals surface area contributed by atoms with E-state index in [1.54, 1.807) is 6.92 Å². The minimum atomic E-state index is -0.894. The number of carboxylic acid groups (broad SMARTS) is 1. The van der Waals surface area contributed by atoms with Gasteiger partial charge in [0.25, 0.3) is 0 Å². The highest BCUT2D eigenvalue weighted by Gasteiger charge is 2.35. The van der Waals surface area contributed by atoms with Crippen molar-refractivity contribution in [2.24, 2.45) is 11.3 Å². The predicted molar refractivity (Wildman–Crippen MR) is 89.8 cm³/mol. The Balaban J connectivity index is 1.80. The van der Waals surface area contributed by atoms with Gasteiger partial charge in [0.15, 0.2) is 0 Å². The van der Waals surface area contributed by atoms with Gasteiger partial charge in [-0.1, -0.05) is 32.6 Å². The first kappa shape index (κ1) is 19.5. The molecule has 2 N–H and O–H groups in total. The van der Waals surface area contributed by atoms with Gasteiger partial charge in [-0.15, -0.1) is 0 Å². The number of ether oxygens (including phenoxy) is 2. The molecule has 0 aromatic heterocycles. The van der Waals surface area contributed by atoms with Gasteiger partial charge in [0.2, 0.25) is 6.29 Å². The van der Waals surface area contributed by atoms with E-state index in [9.17, 15) is 14.4 Å². The molecule has 2 fully saturated rings. The molecule has 1 atom stereocenters. The van der Waals surface area contributed by atoms with Crippen molar-refractivity contribution in [3.05, 3.63) is 0 Å². The van der Waals surface area contributed by atoms with Crippen molar-refractivity contribution in [1.29, 1.82) is 0 Å². The van der Waals surface area contributed by atoms with Crippen molar-refractivity contribution in [3.8, 4) is 0 Å². The highest BCUT2D eigenvalue weighted by molar-refractivity contribution is 5.74. The zero-order chi connectivity index (χ0) is 18.3. The fourth-order valence-electron chi connectivity index (χ4n) is 3.52. The third kappa shape index (κ3) is 5.90. The van der Waals surface area contributed by atoms with Gasteiger partial charge in [0.05, 0.1) is 12.3 Å². The number of hydrogen-bond donors (Lipinski definition) is 2. The smallest absolute Gasteiger partial charge is 0.410 e. The van der Waals surface area contributed by atoms with Crippen molar-refractivity contribution < 1.29 is 29.0 Å². The molecule has 7 nitrogen and oxygen atoms in total. The number of nitrogens with one attached hydrogen (secondary N) is 1. The molecule has 0 radical (unpaired) electrons. The lowest BCUT2D eigenvalue weighted by molar-refractivity contribution is -0.176. The molecule has 7 heteroatoms. The van der Waals surface area contributed by atoms with Gasteiger partial charge in [-0.25, -0.2) is 4.79 Å². The van der Waals surface area contributed by atoms with Gasteiger partial charge in [0.1, 0.15) is 0 Å². The molecule has 0 bridgehead atoms. The van der Waals surface area contributed by atoms with E-state index < -0.39 is 23.8 Å². The molecule has 2 rings (SSSR count). The van der Waals surface area contributed by atoms with Crippen LogP contribution in [0.4, 0.5) is 4.79 Å². The molecule has 0 heterocycles. The molecule has 0 saturated heterocycles. The average molecular weight is 355 g/mol. The molecular formula is C18H29NO6. The maximum absolute atomic E-state index is 12.0. The van der Waals surface area contributed by atoms with Crippen molar-refractivity contribution in [2.45, 2.75) is 77.4 Å². The van der Waals surface area contributed by atoms with Crippen LogP contribution in [-0.2, 0) is 19.1 Å². The molecule has 0 aromatic carbocycles. The lowest BCUT2D eigenvalue weighted by atomic mass is 9.72. The Morgan fingerprint density at radius 3 is 2.32 bits per heavy atom. The highest BCUT2D eigenvalue weighted by Crippen LogP contribution is 2.38. The SMILES string of the molecule is CCC(OC(=O)NCC1(CC(=O)O)CCCCC1)OC(=O)C1CCC1. The summed E-state index contributed by atoms with van der Waals surface area (Å²) in [4.78, 5) is 35.1. The molecule has 2 saturated carbocycles. The van der Waals surface area contributed by atoms with Crippen LogP contribution in [0.15, 0.2) is 0 Å². The topological polar surface area (TPSA) is 102 Å². The van der Waals surface area contributed by atoms with Crippen molar-refractivity contribution in [1.82, 2.24) is 5.32 Å². The molecule has 0 aromatic rings. The van der Waals surface area contributed by atoms with Gasteiger partial charge in [-0.3, -0.25) is 9.59 Å². The van der Waals surface area contributed by atoms with Crippen LogP contribution in [0.25, 0.3) is 0 Å². The summed E-state index contributed by atoms with van der Waals surface area (Å²) in [6.07, 6.45) is 6.18. The zero-order valence-electron chi connectivity index (χ0n) is 14.9. The number of esters is 1. The molecule has 2 aliphatic rings. The van der Waals surface area contributed by atoms with Gasteiger partial charge in [0, 0.05) is 13.0 Å². The summed E-state index contributed by atoms with van der Waals surface area (Å²) in [5.41, 5.74) is -0.409. The summed E-state index contributed by atoms with van der Waals surface area (Å²) in [5.74, 6) is -1.22. The van der Waals surface area contributed by atoms with Gasteiger partial charge < -0.3 is 19.9 Å². The number of carbonyl (C=O) groups excluding carboxylic acids is 2. The van der Waals surface area contributed by atoms with E-state index in [0.29, 0.717) is 6.42 Å². The third-order valence-electron chi connectivity index (χ3n) is 5.31. The standard InChI is InChI=1S/C18H29NO6/c1-2-15(24-16(22)13-7-6-8-13)25-17(23)19-12-18(11-14(20)21)9-4-3-5-10-18/h13,15H,2-12H2,1H3,(H,19,23)(H,20,21). The average Bonchev–Trinajstić information content (AvgIpc) is 2.51. The Kier molecular flexibility index (Phi) is 7.08. The normalized spacial score (nSPS) is 20.8. The zero-order valence-corrected chi connectivity index (χ0v) is 14.9. The monoisotopic (exact) mass is 355 g/mol. The number of rotatable bonds is 8. The number of alkyl carbamates (subject to hydrolysis) is 1. The summed E-state index contributed by atoms with van der Waals surface area (Å²) < 4.78 is 10.4. The molecule has 0 aliphatic heterocycles. The first-order valence-corrected chi connectivity index (χ1v) is 9.31. The Bertz CT molecular complexity index is 482. The quantitative estimate of drug-likeness (QED) is 0.512. The summed E-state index contributed by atoms with van der Waals surface area (Å²) >= 11 is 0. The summed E-state index contributed by atoms with van der Waals surface area (Å²) in [7, 11) is 0. The van der Waals surface area contributed by atoms with E-state index in [1.165, 1.54) is 0 Å². The van der Waals surface area contributed by atoms with E-state index in [2.05, 4.69) is 5.32 Å². The Hall–Kier alpha value is -1.79. The van der Waals surface area contributed by atoms with Crippen LogP contribution in [0, 0.1) is 11.3 Å². The predicted octanol–water partition coefficient (Wildman–Crippen LogP) is 3.22. The molecule has 1 unspecified atom stereocenters. The summed E-state index contributed by atoms with van der Waals surface area (Å²) in [6.45, 7) is 2.05. The lowest BCUT2D eigenvalue weighted by Gasteiger charge is -2.36. The van der Waals surface area contributed by atoms with Crippen LogP contribution in [0.3, 0.4) is 0 Å². The first-order valence-electron chi connectivity index (χ1n) is 9.31. The number of hydrogen-bond acceptors (Lipinski definition) is 5. The van der Waals surface area contributed by atoms with Gasteiger partial charge in [-0.05, 0) is 31.1 Å². The van der Waals surface area contributed by atoms with Gasteiger partial charge >= 0.3 is 18.0 Å². The van der Waals surface area contributed by atoms with Crippen LogP contribution in [0.5, 0.6) is 0 Å². The maximum Gasteiger partial charge on any atom is 0.410 e. The first-order chi connectivity index (χ1) is 11.9. The van der Waals surface area contributed by atoms with Crippen LogP contribution in [0.1, 0.15) is 71.1 Å². The van der Waals surface area contributed by atoms with Crippen LogP contribution in [-0.4, -0.2) is 36.0 Å². The summed E-state index contributed by atoms with van der Waals surface area (Å²) in [6, 6.07) is 0. The second kappa shape index (κ2) is 9.06. The fourth-order valence-corrected chi connectivity index (χ4v) is 3.52. The molecule has 2 aliphatic carbocycles. The number of carbonyl (C=O) groups is 3. The second-order valence-corrected chi connectivity index (χ2v) is 7.29. The van der Waals surface area contributed by atoms with Crippen LogP contribution in [0.2, 0.25) is 0 Å². The van der Waals surface area contributed by atoms with Crippen LogP contribution >= 0.6 is 0 Å². The fraction of sp³-hybridized carbons (Fsp3) is 0.833. The van der Waals surface area contributed by atoms with Crippen molar-refractivity contribution >= 4 is 18.0 Å². The maximum atomic E-state index is 12.0.